The van der Waals surface area contributed by atoms with E-state index in [1.807, 2.05) is 17.5 Å². The number of rotatable bonds is 7. The summed E-state index contributed by atoms with van der Waals surface area (Å²) in [5, 5.41) is 9.64. The molecule has 0 bridgehead atoms. The molecule has 4 rings (SSSR count). The third kappa shape index (κ3) is 4.91. The summed E-state index contributed by atoms with van der Waals surface area (Å²) in [4.78, 5) is 20.1. The van der Waals surface area contributed by atoms with Crippen LogP contribution in [0.5, 0.6) is 0 Å². The molecule has 1 aliphatic heterocycles. The highest BCUT2D eigenvalue weighted by atomic mass is 32.2. The highest BCUT2D eigenvalue weighted by molar-refractivity contribution is 7.99. The zero-order valence-electron chi connectivity index (χ0n) is 16.1. The van der Waals surface area contributed by atoms with Crippen molar-refractivity contribution >= 4 is 39.0 Å². The molecule has 0 aliphatic carbocycles. The van der Waals surface area contributed by atoms with Crippen molar-refractivity contribution in [1.82, 2.24) is 24.4 Å². The molecule has 1 aromatic carbocycles. The number of nitrogens with zero attached hydrogens (tertiary/aromatic N) is 4. The first-order valence-corrected chi connectivity index (χ1v) is 12.7. The summed E-state index contributed by atoms with van der Waals surface area (Å²) < 4.78 is 26.8. The van der Waals surface area contributed by atoms with Gasteiger partial charge < -0.3 is 4.90 Å². The van der Waals surface area contributed by atoms with Crippen molar-refractivity contribution in [3.8, 4) is 0 Å². The molecule has 1 N–H and O–H groups in total. The Labute approximate surface area is 183 Å². The first kappa shape index (κ1) is 21.0. The largest absolute Gasteiger partial charge is 0.339 e. The molecule has 2 aromatic heterocycles. The van der Waals surface area contributed by atoms with Gasteiger partial charge in [0.1, 0.15) is 5.82 Å². The zero-order valence-corrected chi connectivity index (χ0v) is 18.5. The molecule has 1 amide bonds. The SMILES string of the molecule is O=C(CSc1n[nH]c(Cc2cccs2)n1)N1CCN(S(=O)(=O)c2ccccc2)CC1. The molecule has 3 aromatic rings. The van der Waals surface area contributed by atoms with Crippen LogP contribution in [0.1, 0.15) is 10.7 Å². The van der Waals surface area contributed by atoms with Gasteiger partial charge in [-0.3, -0.25) is 9.89 Å². The highest BCUT2D eigenvalue weighted by Gasteiger charge is 2.30. The Morgan fingerprint density at radius 3 is 2.57 bits per heavy atom. The fourth-order valence-electron chi connectivity index (χ4n) is 3.14. The molecule has 0 saturated carbocycles. The van der Waals surface area contributed by atoms with Gasteiger partial charge in [0.25, 0.3) is 0 Å². The number of amides is 1. The van der Waals surface area contributed by atoms with Gasteiger partial charge in [0.15, 0.2) is 0 Å². The Hall–Kier alpha value is -2.21. The molecule has 8 nitrogen and oxygen atoms in total. The molecule has 1 saturated heterocycles. The van der Waals surface area contributed by atoms with Gasteiger partial charge in [0.2, 0.25) is 21.1 Å². The maximum absolute atomic E-state index is 12.7. The average molecular weight is 464 g/mol. The van der Waals surface area contributed by atoms with Crippen molar-refractivity contribution in [3.63, 3.8) is 0 Å². The van der Waals surface area contributed by atoms with Crippen LogP contribution < -0.4 is 0 Å². The Balaban J connectivity index is 1.26. The van der Waals surface area contributed by atoms with Gasteiger partial charge in [-0.1, -0.05) is 36.0 Å². The van der Waals surface area contributed by atoms with E-state index in [1.54, 1.807) is 46.6 Å². The number of carbonyl (C=O) groups excluding carboxylic acids is 1. The minimum Gasteiger partial charge on any atom is -0.339 e. The van der Waals surface area contributed by atoms with E-state index < -0.39 is 10.0 Å². The number of sulfonamides is 1. The Kier molecular flexibility index (Phi) is 6.52. The molecule has 0 radical (unpaired) electrons. The van der Waals surface area contributed by atoms with E-state index in [9.17, 15) is 13.2 Å². The lowest BCUT2D eigenvalue weighted by Gasteiger charge is -2.33. The molecule has 11 heteroatoms. The molecule has 1 aliphatic rings. The number of thioether (sulfide) groups is 1. The molecule has 3 heterocycles. The molecule has 158 valence electrons. The van der Waals surface area contributed by atoms with Gasteiger partial charge in [0, 0.05) is 37.5 Å². The van der Waals surface area contributed by atoms with Crippen molar-refractivity contribution in [3.05, 3.63) is 58.5 Å². The average Bonchev–Trinajstić information content (AvgIpc) is 3.45. The van der Waals surface area contributed by atoms with Gasteiger partial charge in [-0.2, -0.15) is 4.31 Å². The van der Waals surface area contributed by atoms with Gasteiger partial charge in [-0.25, -0.2) is 13.4 Å². The van der Waals surface area contributed by atoms with E-state index in [4.69, 9.17) is 0 Å². The van der Waals surface area contributed by atoms with Crippen LogP contribution in [0.25, 0.3) is 0 Å². The summed E-state index contributed by atoms with van der Waals surface area (Å²) in [5.74, 6) is 0.954. The molecular formula is C19H21N5O3S3. The normalized spacial score (nSPS) is 15.4. The number of hydrogen-bond donors (Lipinski definition) is 1. The van der Waals surface area contributed by atoms with Crippen molar-refractivity contribution in [1.29, 1.82) is 0 Å². The summed E-state index contributed by atoms with van der Waals surface area (Å²) in [6.07, 6.45) is 0.691. The number of hydrogen-bond acceptors (Lipinski definition) is 7. The van der Waals surface area contributed by atoms with Crippen LogP contribution in [0.3, 0.4) is 0 Å². The van der Waals surface area contributed by atoms with Crippen LogP contribution in [-0.2, 0) is 21.2 Å². The van der Waals surface area contributed by atoms with E-state index >= 15 is 0 Å². The number of aromatic amines is 1. The third-order valence-corrected chi connectivity index (χ3v) is 8.35. The lowest BCUT2D eigenvalue weighted by atomic mass is 10.3. The predicted octanol–water partition coefficient (Wildman–Crippen LogP) is 2.08. The second kappa shape index (κ2) is 9.29. The summed E-state index contributed by atoms with van der Waals surface area (Å²) in [6, 6.07) is 12.4. The Bertz CT molecular complexity index is 1080. The molecule has 0 unspecified atom stereocenters. The topological polar surface area (TPSA) is 99.3 Å². The highest BCUT2D eigenvalue weighted by Crippen LogP contribution is 2.19. The fourth-order valence-corrected chi connectivity index (χ4v) is 6.01. The zero-order chi connectivity index (χ0) is 21.0. The van der Waals surface area contributed by atoms with Crippen molar-refractivity contribution < 1.29 is 13.2 Å². The maximum Gasteiger partial charge on any atom is 0.243 e. The molecular weight excluding hydrogens is 442 g/mol. The second-order valence-electron chi connectivity index (χ2n) is 6.71. The van der Waals surface area contributed by atoms with E-state index in [1.165, 1.54) is 20.9 Å². The van der Waals surface area contributed by atoms with Crippen molar-refractivity contribution in [2.75, 3.05) is 31.9 Å². The minimum atomic E-state index is -3.52. The number of aromatic nitrogens is 3. The predicted molar refractivity (Wildman–Crippen MR) is 116 cm³/mol. The van der Waals surface area contributed by atoms with Crippen LogP contribution in [0, 0.1) is 0 Å². The second-order valence-corrected chi connectivity index (χ2v) is 10.6. The molecule has 0 spiro atoms. The number of H-pyrrole nitrogens is 1. The van der Waals surface area contributed by atoms with Crippen molar-refractivity contribution in [2.45, 2.75) is 16.5 Å². The molecule has 0 atom stereocenters. The summed E-state index contributed by atoms with van der Waals surface area (Å²) in [5.41, 5.74) is 0. The van der Waals surface area contributed by atoms with Crippen LogP contribution in [-0.4, -0.2) is 70.6 Å². The third-order valence-electron chi connectivity index (χ3n) is 4.73. The number of piperazine rings is 1. The van der Waals surface area contributed by atoms with E-state index in [-0.39, 0.29) is 16.6 Å². The Morgan fingerprint density at radius 2 is 1.87 bits per heavy atom. The minimum absolute atomic E-state index is 0.0404. The summed E-state index contributed by atoms with van der Waals surface area (Å²) >= 11 is 2.95. The first-order valence-electron chi connectivity index (χ1n) is 9.42. The van der Waals surface area contributed by atoms with Gasteiger partial charge in [-0.05, 0) is 23.6 Å². The lowest BCUT2D eigenvalue weighted by molar-refractivity contribution is -0.129. The fraction of sp³-hybridized carbons (Fsp3) is 0.316. The van der Waals surface area contributed by atoms with Crippen LogP contribution in [0.4, 0.5) is 0 Å². The van der Waals surface area contributed by atoms with E-state index in [2.05, 4.69) is 15.2 Å². The first-order chi connectivity index (χ1) is 14.5. The Morgan fingerprint density at radius 1 is 1.10 bits per heavy atom. The van der Waals surface area contributed by atoms with Crippen LogP contribution in [0.15, 0.2) is 57.9 Å². The van der Waals surface area contributed by atoms with Crippen molar-refractivity contribution in [2.24, 2.45) is 0 Å². The molecule has 30 heavy (non-hydrogen) atoms. The number of nitrogens with one attached hydrogen (secondary N) is 1. The smallest absolute Gasteiger partial charge is 0.243 e. The lowest BCUT2D eigenvalue weighted by Crippen LogP contribution is -2.50. The number of thiophene rings is 1. The quantitative estimate of drug-likeness (QED) is 0.539. The summed E-state index contributed by atoms with van der Waals surface area (Å²) in [6.45, 7) is 1.34. The van der Waals surface area contributed by atoms with Gasteiger partial charge in [0.05, 0.1) is 10.6 Å². The molecule has 1 fully saturated rings. The van der Waals surface area contributed by atoms with E-state index in [0.29, 0.717) is 37.8 Å². The van der Waals surface area contributed by atoms with E-state index in [0.717, 1.165) is 5.82 Å². The number of benzene rings is 1. The monoisotopic (exact) mass is 463 g/mol. The number of carbonyl (C=O) groups is 1. The summed E-state index contributed by atoms with van der Waals surface area (Å²) in [7, 11) is -3.52. The standard InChI is InChI=1S/C19H21N5O3S3/c25-18(14-29-19-20-17(21-22-19)13-15-5-4-12-28-15)23-8-10-24(11-9-23)30(26,27)16-6-2-1-3-7-16/h1-7,12H,8-11,13-14H2,(H,20,21,22). The van der Waals surface area contributed by atoms with Gasteiger partial charge >= 0.3 is 0 Å². The van der Waals surface area contributed by atoms with Crippen LogP contribution in [0.2, 0.25) is 0 Å². The van der Waals surface area contributed by atoms with Crippen LogP contribution >= 0.6 is 23.1 Å². The van der Waals surface area contributed by atoms with Gasteiger partial charge in [-0.15, -0.1) is 16.4 Å². The maximum atomic E-state index is 12.7.